The van der Waals surface area contributed by atoms with Crippen LogP contribution in [-0.2, 0) is 16.0 Å². The van der Waals surface area contributed by atoms with Gasteiger partial charge in [-0.3, -0.25) is 14.0 Å². The molecule has 0 unspecified atom stereocenters. The number of nitrogens with zero attached hydrogens (tertiary/aromatic N) is 3. The number of carbonyl (C=O) groups is 3. The molecule has 3 aromatic heterocycles. The minimum atomic E-state index is -1.30. The van der Waals surface area contributed by atoms with Crippen molar-refractivity contribution in [3.8, 4) is 0 Å². The van der Waals surface area contributed by atoms with Gasteiger partial charge in [-0.05, 0) is 20.8 Å². The Bertz CT molecular complexity index is 1520. The lowest BCUT2D eigenvalue weighted by molar-refractivity contribution is -0.166. The average molecular weight is 502 g/mol. The van der Waals surface area contributed by atoms with E-state index in [1.165, 1.54) is 30.1 Å². The number of amides is 1. The second-order valence-electron chi connectivity index (χ2n) is 9.31. The zero-order chi connectivity index (χ0) is 25.6. The molecular formula is C23H23N3O8S. The Morgan fingerprint density at radius 3 is 2.51 bits per heavy atom. The first kappa shape index (κ1) is 23.2. The molecule has 2 aliphatic heterocycles. The van der Waals surface area contributed by atoms with Gasteiger partial charge in [-0.2, -0.15) is 0 Å². The van der Waals surface area contributed by atoms with Crippen molar-refractivity contribution in [1.29, 1.82) is 0 Å². The highest BCUT2D eigenvalue weighted by Crippen LogP contribution is 2.59. The van der Waals surface area contributed by atoms with Gasteiger partial charge in [0.15, 0.2) is 11.5 Å². The summed E-state index contributed by atoms with van der Waals surface area (Å²) in [5.41, 5.74) is -0.623. The van der Waals surface area contributed by atoms with Crippen LogP contribution in [-0.4, -0.2) is 54.3 Å². The average Bonchev–Trinajstić information content (AvgIpc) is 3.43. The molecular weight excluding hydrogens is 478 g/mol. The molecule has 3 aromatic rings. The van der Waals surface area contributed by atoms with Crippen molar-refractivity contribution in [3.05, 3.63) is 50.4 Å². The van der Waals surface area contributed by atoms with E-state index in [0.29, 0.717) is 21.1 Å². The van der Waals surface area contributed by atoms with E-state index in [9.17, 15) is 29.4 Å². The Morgan fingerprint density at radius 2 is 1.97 bits per heavy atom. The van der Waals surface area contributed by atoms with Crippen LogP contribution in [0.2, 0.25) is 0 Å². The summed E-state index contributed by atoms with van der Waals surface area (Å²) in [7, 11) is 0. The number of Topliss-reactive ketones (excluding diaryl/α,β-unsaturated/α-hetero) is 1. The summed E-state index contributed by atoms with van der Waals surface area (Å²) < 4.78 is 12.0. The van der Waals surface area contributed by atoms with Gasteiger partial charge < -0.3 is 23.9 Å². The van der Waals surface area contributed by atoms with Gasteiger partial charge in [0.2, 0.25) is 5.91 Å². The van der Waals surface area contributed by atoms with Crippen molar-refractivity contribution < 1.29 is 33.4 Å². The Morgan fingerprint density at radius 1 is 1.29 bits per heavy atom. The highest BCUT2D eigenvalue weighted by Gasteiger charge is 2.66. The zero-order valence-corrected chi connectivity index (χ0v) is 20.4. The number of hydrogen-bond donors (Lipinski definition) is 2. The molecule has 0 aromatic carbocycles. The number of thiazole rings is 1. The molecule has 0 saturated carbocycles. The van der Waals surface area contributed by atoms with Crippen LogP contribution in [0.5, 0.6) is 0 Å². The molecule has 0 spiro atoms. The molecule has 184 valence electrons. The van der Waals surface area contributed by atoms with Crippen molar-refractivity contribution in [1.82, 2.24) is 14.3 Å². The molecule has 2 aliphatic rings. The highest BCUT2D eigenvalue weighted by molar-refractivity contribution is 7.18. The summed E-state index contributed by atoms with van der Waals surface area (Å²) >= 11 is 1.20. The molecule has 35 heavy (non-hydrogen) atoms. The molecule has 2 N–H and O–H groups in total. The summed E-state index contributed by atoms with van der Waals surface area (Å²) in [6.07, 6.45) is 0.736. The third-order valence-corrected chi connectivity index (χ3v) is 8.12. The molecule has 4 atom stereocenters. The summed E-state index contributed by atoms with van der Waals surface area (Å²) in [5, 5.41) is 20.6. The van der Waals surface area contributed by atoms with E-state index in [4.69, 9.17) is 8.83 Å². The fourth-order valence-corrected chi connectivity index (χ4v) is 6.86. The quantitative estimate of drug-likeness (QED) is 0.381. The van der Waals surface area contributed by atoms with Gasteiger partial charge in [-0.25, -0.2) is 14.6 Å². The van der Waals surface area contributed by atoms with Crippen molar-refractivity contribution in [2.45, 2.75) is 53.2 Å². The number of fused-ring (bicyclic) bond motifs is 2. The molecule has 12 heteroatoms. The van der Waals surface area contributed by atoms with Crippen LogP contribution >= 0.6 is 11.3 Å². The maximum Gasteiger partial charge on any atom is 0.519 e. The van der Waals surface area contributed by atoms with E-state index in [1.807, 2.05) is 0 Å². The smallest absolute Gasteiger partial charge is 0.477 e. The van der Waals surface area contributed by atoms with E-state index < -0.39 is 41.2 Å². The second kappa shape index (κ2) is 7.49. The lowest BCUT2D eigenvalue weighted by Gasteiger charge is -2.50. The zero-order valence-electron chi connectivity index (χ0n) is 19.6. The van der Waals surface area contributed by atoms with Crippen molar-refractivity contribution in [3.63, 3.8) is 0 Å². The minimum absolute atomic E-state index is 0.0535. The Balaban J connectivity index is 1.78. The second-order valence-corrected chi connectivity index (χ2v) is 10.3. The Labute approximate surface area is 202 Å². The Kier molecular flexibility index (Phi) is 4.98. The number of rotatable bonds is 6. The number of aryl methyl sites for hydroxylation is 2. The van der Waals surface area contributed by atoms with Gasteiger partial charge in [0.1, 0.15) is 27.8 Å². The van der Waals surface area contributed by atoms with Crippen LogP contribution in [0, 0.1) is 25.2 Å². The monoisotopic (exact) mass is 501 g/mol. The fourth-order valence-electron chi connectivity index (χ4n) is 5.49. The van der Waals surface area contributed by atoms with Crippen LogP contribution in [0.1, 0.15) is 53.5 Å². The van der Waals surface area contributed by atoms with E-state index in [0.717, 1.165) is 0 Å². The maximum absolute atomic E-state index is 13.0. The van der Waals surface area contributed by atoms with Gasteiger partial charge in [0.05, 0.1) is 22.9 Å². The first-order chi connectivity index (χ1) is 16.4. The number of aromatic nitrogens is 2. The van der Waals surface area contributed by atoms with Gasteiger partial charge in [0.25, 0.3) is 0 Å². The number of carbonyl (C=O) groups excluding carboxylic acids is 2. The van der Waals surface area contributed by atoms with Gasteiger partial charge >= 0.3 is 11.8 Å². The van der Waals surface area contributed by atoms with Gasteiger partial charge in [-0.15, -0.1) is 11.3 Å². The standard InChI is InChI=1S/C23H23N3O8S/c1-8(27)14-18-23(5,6-12-10(3)33-22(32)34-12)15(17(21(30)31)26(18)19(14)29)13-7-25-11(4)24-16(9(2)28)20(25)35-13/h7-8,14,18,27H,6H2,1-5H3,(H,30,31)/t8-,14-,18-,23+/m1/s1. The molecule has 11 nitrogen and oxygen atoms in total. The van der Waals surface area contributed by atoms with Gasteiger partial charge in [-0.1, -0.05) is 6.92 Å². The number of carboxylic acids is 1. The highest BCUT2D eigenvalue weighted by atomic mass is 32.1. The number of aliphatic carboxylic acids is 1. The van der Waals surface area contributed by atoms with Crippen molar-refractivity contribution in [2.75, 3.05) is 0 Å². The van der Waals surface area contributed by atoms with Crippen molar-refractivity contribution >= 4 is 39.4 Å². The third-order valence-electron chi connectivity index (χ3n) is 7.00. The molecule has 1 fully saturated rings. The first-order valence-electron chi connectivity index (χ1n) is 10.9. The number of aliphatic hydroxyl groups is 1. The summed E-state index contributed by atoms with van der Waals surface area (Å²) in [4.78, 5) is 56.1. The van der Waals surface area contributed by atoms with Crippen LogP contribution in [0.25, 0.3) is 10.4 Å². The maximum atomic E-state index is 13.0. The van der Waals surface area contributed by atoms with E-state index in [2.05, 4.69) is 4.98 Å². The summed E-state index contributed by atoms with van der Waals surface area (Å²) in [6, 6.07) is -0.691. The predicted molar refractivity (Wildman–Crippen MR) is 122 cm³/mol. The van der Waals surface area contributed by atoms with Crippen molar-refractivity contribution in [2.24, 2.45) is 11.3 Å². The van der Waals surface area contributed by atoms with Gasteiger partial charge in [0, 0.05) is 30.5 Å². The van der Waals surface area contributed by atoms with E-state index in [1.54, 1.807) is 31.4 Å². The van der Waals surface area contributed by atoms with E-state index >= 15 is 0 Å². The van der Waals surface area contributed by atoms with Crippen LogP contribution in [0.3, 0.4) is 0 Å². The SMILES string of the molecule is CC(=O)c1nc(C)n2cc(C3=C(C(=O)O)N4C(=O)[C@H]([C@@H](C)O)[C@@H]4[C@@]3(C)Cc3oc(=O)oc3C)sc12. The molecule has 0 aliphatic carbocycles. The number of aliphatic hydroxyl groups excluding tert-OH is 1. The molecule has 1 saturated heterocycles. The van der Waals surface area contributed by atoms with E-state index in [-0.39, 0.29) is 35.1 Å². The fraction of sp³-hybridized carbons (Fsp3) is 0.435. The largest absolute Gasteiger partial charge is 0.519 e. The number of ketones is 1. The topological polar surface area (TPSA) is 156 Å². The molecule has 5 rings (SSSR count). The predicted octanol–water partition coefficient (Wildman–Crippen LogP) is 2.03. The first-order valence-corrected chi connectivity index (χ1v) is 11.8. The molecule has 5 heterocycles. The molecule has 0 radical (unpaired) electrons. The molecule has 0 bridgehead atoms. The third kappa shape index (κ3) is 3.09. The van der Waals surface area contributed by atoms with Crippen LogP contribution < -0.4 is 5.82 Å². The normalized spacial score (nSPS) is 24.7. The minimum Gasteiger partial charge on any atom is -0.477 e. The number of imidazole rings is 1. The number of carboxylic acid groups (broad SMARTS) is 1. The van der Waals surface area contributed by atoms with Crippen LogP contribution in [0.4, 0.5) is 0 Å². The van der Waals surface area contributed by atoms with Crippen LogP contribution in [0.15, 0.2) is 25.5 Å². The lowest BCUT2D eigenvalue weighted by atomic mass is 9.65. The number of hydrogen-bond acceptors (Lipinski definition) is 9. The summed E-state index contributed by atoms with van der Waals surface area (Å²) in [5.74, 6) is -2.69. The number of β-lactam (4-membered cyclic amide) rings is 1. The summed E-state index contributed by atoms with van der Waals surface area (Å²) in [6.45, 7) is 7.99. The Hall–Kier alpha value is -3.51. The lowest BCUT2D eigenvalue weighted by Crippen LogP contribution is -2.66. The molecule has 1 amide bonds.